The molecule has 0 fully saturated rings. The largest absolute Gasteiger partial charge is 0.476 e. The zero-order valence-electron chi connectivity index (χ0n) is 22.5. The molecule has 1 aliphatic heterocycles. The smallest absolute Gasteiger partial charge is 0.267 e. The van der Waals surface area contributed by atoms with Crippen LogP contribution in [0.25, 0.3) is 0 Å². The minimum Gasteiger partial charge on any atom is -0.476 e. The molecule has 4 aromatic carbocycles. The highest BCUT2D eigenvalue weighted by Gasteiger charge is 2.37. The van der Waals surface area contributed by atoms with E-state index < -0.39 is 22.0 Å². The van der Waals surface area contributed by atoms with E-state index in [-0.39, 0.29) is 28.4 Å². The summed E-state index contributed by atoms with van der Waals surface area (Å²) in [6, 6.07) is 29.0. The monoisotopic (exact) mass is 554 g/mol. The topological polar surface area (TPSA) is 92.8 Å². The average molecular weight is 555 g/mol. The van der Waals surface area contributed by atoms with Gasteiger partial charge in [0.1, 0.15) is 5.75 Å². The van der Waals surface area contributed by atoms with Gasteiger partial charge in [0.25, 0.3) is 15.9 Å². The SMILES string of the molecule is CC(C)(C)c1ccc(C(=O)c2cccc(NC(=O)[C@@H]3CN(S(=O)(=O)c4ccccc4)c4ccccc4O3)c2)cc1. The lowest BCUT2D eigenvalue weighted by Gasteiger charge is -2.34. The normalized spacial score (nSPS) is 15.1. The van der Waals surface area contributed by atoms with Gasteiger partial charge in [-0.05, 0) is 47.4 Å². The van der Waals surface area contributed by atoms with E-state index >= 15 is 0 Å². The lowest BCUT2D eigenvalue weighted by molar-refractivity contribution is -0.122. The lowest BCUT2D eigenvalue weighted by Crippen LogP contribution is -2.48. The number of ether oxygens (including phenoxy) is 1. The van der Waals surface area contributed by atoms with Crippen molar-refractivity contribution in [3.8, 4) is 5.75 Å². The molecule has 204 valence electrons. The Morgan fingerprint density at radius 2 is 1.50 bits per heavy atom. The van der Waals surface area contributed by atoms with Crippen LogP contribution in [0.15, 0.2) is 108 Å². The van der Waals surface area contributed by atoms with Crippen LogP contribution in [0.2, 0.25) is 0 Å². The molecule has 8 heteroatoms. The van der Waals surface area contributed by atoms with Gasteiger partial charge in [0.2, 0.25) is 0 Å². The molecule has 0 aromatic heterocycles. The van der Waals surface area contributed by atoms with Gasteiger partial charge in [0.15, 0.2) is 11.9 Å². The van der Waals surface area contributed by atoms with Crippen molar-refractivity contribution in [2.24, 2.45) is 0 Å². The summed E-state index contributed by atoms with van der Waals surface area (Å²) in [6.45, 7) is 6.13. The molecule has 7 nitrogen and oxygen atoms in total. The number of para-hydroxylation sites is 2. The van der Waals surface area contributed by atoms with Gasteiger partial charge in [-0.15, -0.1) is 0 Å². The van der Waals surface area contributed by atoms with E-state index in [1.54, 1.807) is 66.7 Å². The van der Waals surface area contributed by atoms with Crippen LogP contribution in [0, 0.1) is 0 Å². The third kappa shape index (κ3) is 5.49. The highest BCUT2D eigenvalue weighted by Crippen LogP contribution is 2.37. The van der Waals surface area contributed by atoms with Crippen molar-refractivity contribution in [1.29, 1.82) is 0 Å². The molecule has 1 amide bonds. The quantitative estimate of drug-likeness (QED) is 0.304. The number of carbonyl (C=O) groups is 2. The van der Waals surface area contributed by atoms with E-state index in [1.165, 1.54) is 16.4 Å². The summed E-state index contributed by atoms with van der Waals surface area (Å²) in [5.41, 5.74) is 2.84. The zero-order chi connectivity index (χ0) is 28.5. The standard InChI is InChI=1S/C32H30N2O5S/c1-32(2,3)24-18-16-22(17-19-24)30(35)23-10-9-11-25(20-23)33-31(36)29-21-34(27-14-7-8-15-28(27)39-29)40(37,38)26-12-5-4-6-13-26/h4-20,29H,21H2,1-3H3,(H,33,36)/t29-/m0/s1. The number of nitrogens with zero attached hydrogens (tertiary/aromatic N) is 1. The van der Waals surface area contributed by atoms with Gasteiger partial charge in [0.05, 0.1) is 17.1 Å². The highest BCUT2D eigenvalue weighted by molar-refractivity contribution is 7.92. The number of benzene rings is 4. The molecular formula is C32H30N2O5S. The molecule has 40 heavy (non-hydrogen) atoms. The number of sulfonamides is 1. The fourth-order valence-electron chi connectivity index (χ4n) is 4.54. The summed E-state index contributed by atoms with van der Waals surface area (Å²) in [6.07, 6.45) is -1.11. The van der Waals surface area contributed by atoms with E-state index in [2.05, 4.69) is 26.1 Å². The molecule has 1 atom stereocenters. The molecule has 1 heterocycles. The Kier molecular flexibility index (Phi) is 7.21. The van der Waals surface area contributed by atoms with Crippen LogP contribution >= 0.6 is 0 Å². The summed E-state index contributed by atoms with van der Waals surface area (Å²) in [4.78, 5) is 26.6. The van der Waals surface area contributed by atoms with Gasteiger partial charge >= 0.3 is 0 Å². The Balaban J connectivity index is 1.36. The van der Waals surface area contributed by atoms with Crippen molar-refractivity contribution < 1.29 is 22.7 Å². The van der Waals surface area contributed by atoms with Crippen LogP contribution in [0.4, 0.5) is 11.4 Å². The zero-order valence-corrected chi connectivity index (χ0v) is 23.3. The Labute approximate surface area is 234 Å². The third-order valence-corrected chi connectivity index (χ3v) is 8.56. The molecule has 0 bridgehead atoms. The second-order valence-electron chi connectivity index (χ2n) is 10.6. The van der Waals surface area contributed by atoms with E-state index in [4.69, 9.17) is 4.74 Å². The van der Waals surface area contributed by atoms with Crippen LogP contribution < -0.4 is 14.4 Å². The van der Waals surface area contributed by atoms with Crippen molar-refractivity contribution in [1.82, 2.24) is 0 Å². The van der Waals surface area contributed by atoms with E-state index in [0.29, 0.717) is 22.5 Å². The summed E-state index contributed by atoms with van der Waals surface area (Å²) in [5, 5.41) is 2.79. The summed E-state index contributed by atoms with van der Waals surface area (Å²) >= 11 is 0. The number of ketones is 1. The van der Waals surface area contributed by atoms with Gasteiger partial charge in [0, 0.05) is 16.8 Å². The van der Waals surface area contributed by atoms with Gasteiger partial charge in [-0.2, -0.15) is 0 Å². The van der Waals surface area contributed by atoms with Gasteiger partial charge in [-0.3, -0.25) is 13.9 Å². The van der Waals surface area contributed by atoms with E-state index in [0.717, 1.165) is 5.56 Å². The number of amides is 1. The number of nitrogens with one attached hydrogen (secondary N) is 1. The summed E-state index contributed by atoms with van der Waals surface area (Å²) in [5.74, 6) is -0.405. The molecular weight excluding hydrogens is 524 g/mol. The average Bonchev–Trinajstić information content (AvgIpc) is 2.96. The minimum absolute atomic E-state index is 0.0243. The number of carbonyl (C=O) groups excluding carboxylic acids is 2. The molecule has 1 aliphatic rings. The first-order valence-electron chi connectivity index (χ1n) is 12.9. The second kappa shape index (κ2) is 10.6. The first kappa shape index (κ1) is 27.1. The Bertz CT molecular complexity index is 1660. The number of hydrogen-bond donors (Lipinski definition) is 1. The lowest BCUT2D eigenvalue weighted by atomic mass is 9.86. The van der Waals surface area contributed by atoms with Crippen LogP contribution in [0.5, 0.6) is 5.75 Å². The molecule has 0 unspecified atom stereocenters. The van der Waals surface area contributed by atoms with Crippen molar-refractivity contribution in [3.63, 3.8) is 0 Å². The third-order valence-electron chi connectivity index (χ3n) is 6.76. The Hall–Kier alpha value is -4.43. The maximum absolute atomic E-state index is 13.5. The van der Waals surface area contributed by atoms with Crippen LogP contribution in [0.3, 0.4) is 0 Å². The predicted octanol–water partition coefficient (Wildman–Crippen LogP) is 5.81. The van der Waals surface area contributed by atoms with E-state index in [9.17, 15) is 18.0 Å². The van der Waals surface area contributed by atoms with Crippen LogP contribution in [-0.2, 0) is 20.2 Å². The summed E-state index contributed by atoms with van der Waals surface area (Å²) < 4.78 is 34.1. The molecule has 0 radical (unpaired) electrons. The Morgan fingerprint density at radius 1 is 0.825 bits per heavy atom. The van der Waals surface area contributed by atoms with Gasteiger partial charge < -0.3 is 10.1 Å². The first-order chi connectivity index (χ1) is 19.0. The molecule has 1 N–H and O–H groups in total. The number of anilines is 2. The van der Waals surface area contributed by atoms with Crippen molar-refractivity contribution in [2.45, 2.75) is 37.2 Å². The number of fused-ring (bicyclic) bond motifs is 1. The minimum atomic E-state index is -3.95. The summed E-state index contributed by atoms with van der Waals surface area (Å²) in [7, 11) is -3.95. The fourth-order valence-corrected chi connectivity index (χ4v) is 6.03. The number of rotatable bonds is 6. The van der Waals surface area contributed by atoms with Crippen molar-refractivity contribution >= 4 is 33.1 Å². The molecule has 0 saturated heterocycles. The van der Waals surface area contributed by atoms with Gasteiger partial charge in [-0.25, -0.2) is 8.42 Å². The van der Waals surface area contributed by atoms with Crippen LogP contribution in [-0.4, -0.2) is 32.8 Å². The van der Waals surface area contributed by atoms with Crippen molar-refractivity contribution in [3.05, 3.63) is 120 Å². The Morgan fingerprint density at radius 3 is 2.20 bits per heavy atom. The second-order valence-corrected chi connectivity index (χ2v) is 12.5. The molecule has 4 aromatic rings. The van der Waals surface area contributed by atoms with E-state index in [1.807, 2.05) is 24.3 Å². The maximum atomic E-state index is 13.5. The van der Waals surface area contributed by atoms with Crippen LogP contribution in [0.1, 0.15) is 42.3 Å². The molecule has 0 aliphatic carbocycles. The molecule has 0 saturated carbocycles. The first-order valence-corrected chi connectivity index (χ1v) is 14.4. The fraction of sp³-hybridized carbons (Fsp3) is 0.188. The predicted molar refractivity (Wildman–Crippen MR) is 155 cm³/mol. The molecule has 0 spiro atoms. The van der Waals surface area contributed by atoms with Gasteiger partial charge in [-0.1, -0.05) is 87.5 Å². The molecule has 5 rings (SSSR count). The number of hydrogen-bond acceptors (Lipinski definition) is 5. The maximum Gasteiger partial charge on any atom is 0.267 e. The highest BCUT2D eigenvalue weighted by atomic mass is 32.2. The van der Waals surface area contributed by atoms with Crippen molar-refractivity contribution in [2.75, 3.05) is 16.2 Å².